The molecule has 5 heteroatoms. The number of benzene rings is 1. The maximum Gasteiger partial charge on any atom is 0.248 e. The van der Waals surface area contributed by atoms with Gasteiger partial charge in [0, 0.05) is 17.5 Å². The maximum atomic E-state index is 13.8. The summed E-state index contributed by atoms with van der Waals surface area (Å²) in [6.07, 6.45) is 4.81. The Labute approximate surface area is 152 Å². The normalized spacial score (nSPS) is 11.2. The summed E-state index contributed by atoms with van der Waals surface area (Å²) in [5.74, 6) is 0.0573. The maximum absolute atomic E-state index is 13.8. The third-order valence-electron chi connectivity index (χ3n) is 4.30. The number of anilines is 1. The zero-order chi connectivity index (χ0) is 18.7. The summed E-state index contributed by atoms with van der Waals surface area (Å²) in [4.78, 5) is 12.1. The van der Waals surface area contributed by atoms with Crippen molar-refractivity contribution < 1.29 is 13.6 Å². The number of amides is 1. The molecule has 0 radical (unpaired) electrons. The summed E-state index contributed by atoms with van der Waals surface area (Å²) >= 11 is 0. The third-order valence-corrected chi connectivity index (χ3v) is 4.30. The second-order valence-electron chi connectivity index (χ2n) is 6.30. The molecule has 0 saturated heterocycles. The molecular formula is C21H21FN2O2. The number of hydrogen-bond acceptors (Lipinski definition) is 2. The molecule has 0 atom stereocenters. The number of aromatic nitrogens is 1. The Morgan fingerprint density at radius 2 is 2.04 bits per heavy atom. The van der Waals surface area contributed by atoms with Gasteiger partial charge in [0.1, 0.15) is 11.6 Å². The van der Waals surface area contributed by atoms with Gasteiger partial charge in [0.05, 0.1) is 18.5 Å². The first-order chi connectivity index (χ1) is 12.4. The monoisotopic (exact) mass is 352 g/mol. The summed E-state index contributed by atoms with van der Waals surface area (Å²) in [5.41, 5.74) is 4.02. The minimum atomic E-state index is -0.441. The van der Waals surface area contributed by atoms with Gasteiger partial charge in [-0.25, -0.2) is 4.39 Å². The topological polar surface area (TPSA) is 47.2 Å². The minimum absolute atomic E-state index is 0.175. The van der Waals surface area contributed by atoms with Crippen molar-refractivity contribution in [2.45, 2.75) is 27.3 Å². The van der Waals surface area contributed by atoms with Crippen LogP contribution in [0.5, 0.6) is 0 Å². The quantitative estimate of drug-likeness (QED) is 0.668. The molecule has 1 amide bonds. The van der Waals surface area contributed by atoms with Crippen molar-refractivity contribution in [3.63, 3.8) is 0 Å². The van der Waals surface area contributed by atoms with Crippen LogP contribution in [0.25, 0.3) is 6.08 Å². The Morgan fingerprint density at radius 1 is 1.23 bits per heavy atom. The summed E-state index contributed by atoms with van der Waals surface area (Å²) in [5, 5.41) is 2.56. The molecule has 4 nitrogen and oxygen atoms in total. The van der Waals surface area contributed by atoms with E-state index in [9.17, 15) is 9.18 Å². The van der Waals surface area contributed by atoms with Gasteiger partial charge < -0.3 is 14.3 Å². The zero-order valence-corrected chi connectivity index (χ0v) is 15.0. The van der Waals surface area contributed by atoms with Crippen LogP contribution >= 0.6 is 0 Å². The molecule has 26 heavy (non-hydrogen) atoms. The Morgan fingerprint density at radius 3 is 2.73 bits per heavy atom. The summed E-state index contributed by atoms with van der Waals surface area (Å²) in [7, 11) is 0. The van der Waals surface area contributed by atoms with Crippen LogP contribution in [0.4, 0.5) is 10.1 Å². The lowest BCUT2D eigenvalue weighted by Crippen LogP contribution is -2.09. The number of aryl methyl sites for hydroxylation is 2. The van der Waals surface area contributed by atoms with Gasteiger partial charge in [0.15, 0.2) is 0 Å². The van der Waals surface area contributed by atoms with Crippen LogP contribution in [0.15, 0.2) is 53.2 Å². The molecule has 3 aromatic rings. The number of carbonyl (C=O) groups excluding carboxylic acids is 1. The molecule has 0 aliphatic rings. The van der Waals surface area contributed by atoms with Crippen molar-refractivity contribution >= 4 is 17.7 Å². The van der Waals surface area contributed by atoms with E-state index in [1.165, 1.54) is 12.1 Å². The fourth-order valence-corrected chi connectivity index (χ4v) is 2.86. The molecule has 0 aliphatic carbocycles. The number of nitrogens with one attached hydrogen (secondary N) is 1. The van der Waals surface area contributed by atoms with Crippen LogP contribution in [0.2, 0.25) is 0 Å². The predicted molar refractivity (Wildman–Crippen MR) is 101 cm³/mol. The van der Waals surface area contributed by atoms with E-state index in [-0.39, 0.29) is 11.6 Å². The molecule has 3 rings (SSSR count). The SMILES string of the molecule is Cc1ccc(NC(=O)/C=C/c2cc(C)n(Cc3ccco3)c2C)c(F)c1. The highest BCUT2D eigenvalue weighted by atomic mass is 19.1. The largest absolute Gasteiger partial charge is 0.467 e. The first kappa shape index (κ1) is 17.7. The Balaban J connectivity index is 1.72. The summed E-state index contributed by atoms with van der Waals surface area (Å²) < 4.78 is 21.3. The van der Waals surface area contributed by atoms with Crippen molar-refractivity contribution in [1.29, 1.82) is 0 Å². The molecule has 0 spiro atoms. The molecule has 1 aromatic carbocycles. The van der Waals surface area contributed by atoms with Gasteiger partial charge in [0.2, 0.25) is 5.91 Å². The van der Waals surface area contributed by atoms with E-state index < -0.39 is 5.82 Å². The van der Waals surface area contributed by atoms with Gasteiger partial charge in [-0.05, 0) is 68.3 Å². The molecule has 2 aromatic heterocycles. The van der Waals surface area contributed by atoms with Crippen LogP contribution < -0.4 is 5.32 Å². The molecule has 134 valence electrons. The number of rotatable bonds is 5. The van der Waals surface area contributed by atoms with Crippen LogP contribution in [-0.2, 0) is 11.3 Å². The van der Waals surface area contributed by atoms with Crippen molar-refractivity contribution in [2.24, 2.45) is 0 Å². The number of halogens is 1. The number of furan rings is 1. The van der Waals surface area contributed by atoms with E-state index >= 15 is 0 Å². The molecule has 0 unspecified atom stereocenters. The van der Waals surface area contributed by atoms with Crippen molar-refractivity contribution in [3.8, 4) is 0 Å². The average molecular weight is 352 g/mol. The van der Waals surface area contributed by atoms with E-state index in [0.29, 0.717) is 6.54 Å². The second kappa shape index (κ2) is 7.44. The minimum Gasteiger partial charge on any atom is -0.467 e. The van der Waals surface area contributed by atoms with Crippen LogP contribution in [-0.4, -0.2) is 10.5 Å². The highest BCUT2D eigenvalue weighted by Crippen LogP contribution is 2.19. The lowest BCUT2D eigenvalue weighted by atomic mass is 10.2. The highest BCUT2D eigenvalue weighted by Gasteiger charge is 2.10. The van der Waals surface area contributed by atoms with Gasteiger partial charge >= 0.3 is 0 Å². The fraction of sp³-hybridized carbons (Fsp3) is 0.190. The van der Waals surface area contributed by atoms with E-state index in [1.807, 2.05) is 32.0 Å². The van der Waals surface area contributed by atoms with Crippen LogP contribution in [0, 0.1) is 26.6 Å². The van der Waals surface area contributed by atoms with Gasteiger partial charge in [-0.2, -0.15) is 0 Å². The second-order valence-corrected chi connectivity index (χ2v) is 6.30. The van der Waals surface area contributed by atoms with E-state index in [1.54, 1.807) is 31.4 Å². The third kappa shape index (κ3) is 3.94. The molecule has 0 bridgehead atoms. The Bertz CT molecular complexity index is 953. The van der Waals surface area contributed by atoms with E-state index in [2.05, 4.69) is 9.88 Å². The van der Waals surface area contributed by atoms with Gasteiger partial charge in [-0.3, -0.25) is 4.79 Å². The van der Waals surface area contributed by atoms with Gasteiger partial charge in [0.25, 0.3) is 0 Å². The van der Waals surface area contributed by atoms with Crippen molar-refractivity contribution in [1.82, 2.24) is 4.57 Å². The van der Waals surface area contributed by atoms with Gasteiger partial charge in [-0.1, -0.05) is 6.07 Å². The standard InChI is InChI=1S/C21H21FN2O2/c1-14-6-8-20(19(22)11-14)23-21(25)9-7-17-12-15(2)24(16(17)3)13-18-5-4-10-26-18/h4-12H,13H2,1-3H3,(H,23,25)/b9-7+. The van der Waals surface area contributed by atoms with E-state index in [0.717, 1.165) is 28.3 Å². The fourth-order valence-electron chi connectivity index (χ4n) is 2.86. The first-order valence-electron chi connectivity index (χ1n) is 8.38. The molecule has 1 N–H and O–H groups in total. The summed E-state index contributed by atoms with van der Waals surface area (Å²) in [6.45, 7) is 6.44. The van der Waals surface area contributed by atoms with Crippen LogP contribution in [0.3, 0.4) is 0 Å². The lowest BCUT2D eigenvalue weighted by Gasteiger charge is -2.07. The van der Waals surface area contributed by atoms with E-state index in [4.69, 9.17) is 4.42 Å². The number of carbonyl (C=O) groups is 1. The van der Waals surface area contributed by atoms with Crippen molar-refractivity contribution in [2.75, 3.05) is 5.32 Å². The molecular weight excluding hydrogens is 331 g/mol. The van der Waals surface area contributed by atoms with Gasteiger partial charge in [-0.15, -0.1) is 0 Å². The lowest BCUT2D eigenvalue weighted by molar-refractivity contribution is -0.111. The molecule has 2 heterocycles. The smallest absolute Gasteiger partial charge is 0.248 e. The molecule has 0 saturated carbocycles. The van der Waals surface area contributed by atoms with Crippen LogP contribution in [0.1, 0.15) is 28.3 Å². The predicted octanol–water partition coefficient (Wildman–Crippen LogP) is 4.85. The molecule has 0 fully saturated rings. The average Bonchev–Trinajstić information content (AvgIpc) is 3.19. The first-order valence-corrected chi connectivity index (χ1v) is 8.38. The zero-order valence-electron chi connectivity index (χ0n) is 15.0. The highest BCUT2D eigenvalue weighted by molar-refractivity contribution is 6.02. The molecule has 0 aliphatic heterocycles. The number of nitrogens with zero attached hydrogens (tertiary/aromatic N) is 1. The number of hydrogen-bond donors (Lipinski definition) is 1. The Hall–Kier alpha value is -3.08. The Kier molecular flexibility index (Phi) is 5.07. The van der Waals surface area contributed by atoms with Crippen molar-refractivity contribution in [3.05, 3.63) is 82.8 Å². The summed E-state index contributed by atoms with van der Waals surface area (Å²) in [6, 6.07) is 10.5.